The van der Waals surface area contributed by atoms with Gasteiger partial charge in [-0.2, -0.15) is 28.6 Å². The molecule has 0 fully saturated rings. The van der Waals surface area contributed by atoms with Gasteiger partial charge >= 0.3 is 26.8 Å². The van der Waals surface area contributed by atoms with Crippen LogP contribution in [0.1, 0.15) is 30.9 Å². The van der Waals surface area contributed by atoms with Crippen LogP contribution in [0.25, 0.3) is 0 Å². The summed E-state index contributed by atoms with van der Waals surface area (Å²) < 4.78 is 72.5. The number of carbonyl (C=O) groups is 3. The smallest absolute Gasteiger partial charge is 0.397 e. The van der Waals surface area contributed by atoms with Gasteiger partial charge in [0.2, 0.25) is 0 Å². The number of likely N-dealkylation sites (N-methyl/N-ethyl adjacent to an activating group) is 1. The number of aliphatic carboxylic acids is 1. The molecular formula is C28H44N4O12S3. The second-order valence-corrected chi connectivity index (χ2v) is 14.3. The molecule has 0 radical (unpaired) electrons. The summed E-state index contributed by atoms with van der Waals surface area (Å²) in [5.41, 5.74) is 1.56. The van der Waals surface area contributed by atoms with E-state index in [1.807, 2.05) is 6.92 Å². The standard InChI is InChI=1S/C28H44N4O12S3/c1-20(12-26(33)24(29-2)13-21-4-6-31(17-21)8-10-43-46(37,38)39)16-30-25(27(34)15-23(19-45-3)28(35)36)14-22-5-7-32(18-22)9-11-44-47(40,41)42/h4-7,17-18,20,23-25,29-30H,8-16,19H2,1-3H3,(H,35,36)(H,37,38,39)(H,40,41,42)/t20-,23+,24+,25+/m1/s1. The van der Waals surface area contributed by atoms with Crippen LogP contribution in [0.15, 0.2) is 36.9 Å². The fourth-order valence-corrected chi connectivity index (χ4v) is 6.08. The molecule has 2 heterocycles. The third kappa shape index (κ3) is 16.4. The summed E-state index contributed by atoms with van der Waals surface area (Å²) in [4.78, 5) is 38.3. The molecule has 19 heteroatoms. The average Bonchev–Trinajstić information content (AvgIpc) is 3.61. The molecule has 2 rings (SSSR count). The first kappa shape index (κ1) is 40.6. The lowest BCUT2D eigenvalue weighted by atomic mass is 9.94. The van der Waals surface area contributed by atoms with E-state index in [-0.39, 0.29) is 68.8 Å². The minimum Gasteiger partial charge on any atom is -0.481 e. The zero-order chi connectivity index (χ0) is 35.2. The van der Waals surface area contributed by atoms with Crippen molar-refractivity contribution < 1.29 is 53.8 Å². The molecule has 0 unspecified atom stereocenters. The van der Waals surface area contributed by atoms with Crippen molar-refractivity contribution >= 4 is 50.1 Å². The lowest BCUT2D eigenvalue weighted by Crippen LogP contribution is -2.43. The van der Waals surface area contributed by atoms with Gasteiger partial charge in [-0.15, -0.1) is 0 Å². The number of rotatable bonds is 25. The molecule has 0 spiro atoms. The first-order valence-corrected chi connectivity index (χ1v) is 18.8. The first-order valence-electron chi connectivity index (χ1n) is 14.7. The van der Waals surface area contributed by atoms with Crippen LogP contribution >= 0.6 is 11.8 Å². The maximum atomic E-state index is 13.4. The fraction of sp³-hybridized carbons (Fsp3) is 0.607. The maximum absolute atomic E-state index is 13.4. The van der Waals surface area contributed by atoms with Crippen LogP contribution in [0.5, 0.6) is 0 Å². The molecule has 0 aliphatic carbocycles. The molecule has 2 aromatic heterocycles. The summed E-state index contributed by atoms with van der Waals surface area (Å²) in [6, 6.07) is 2.28. The SMILES string of the molecule is CN[C@@H](Cc1ccn(CCOS(=O)(=O)O)c1)C(=O)C[C@@H](C)CN[C@@H](Cc1ccn(CCOS(=O)(=O)O)c1)C(=O)C[C@@H](CSC)C(=O)O. The van der Waals surface area contributed by atoms with Crippen molar-refractivity contribution in [3.8, 4) is 0 Å². The number of thioether (sulfide) groups is 1. The van der Waals surface area contributed by atoms with Gasteiger partial charge in [0.05, 0.1) is 31.2 Å². The number of nitrogens with one attached hydrogen (secondary N) is 2. The summed E-state index contributed by atoms with van der Waals surface area (Å²) in [5.74, 6) is -2.16. The molecule has 4 atom stereocenters. The van der Waals surface area contributed by atoms with Crippen molar-refractivity contribution in [2.75, 3.05) is 38.8 Å². The quantitative estimate of drug-likeness (QED) is 0.0895. The van der Waals surface area contributed by atoms with Crippen molar-refractivity contribution in [3.63, 3.8) is 0 Å². The Morgan fingerprint density at radius 3 is 1.81 bits per heavy atom. The molecule has 0 amide bonds. The predicted molar refractivity (Wildman–Crippen MR) is 174 cm³/mol. The number of ketones is 2. The van der Waals surface area contributed by atoms with Gasteiger partial charge < -0.3 is 24.9 Å². The maximum Gasteiger partial charge on any atom is 0.397 e. The summed E-state index contributed by atoms with van der Waals surface area (Å²) in [6.07, 6.45) is 9.21. The number of aromatic nitrogens is 2. The van der Waals surface area contributed by atoms with Gasteiger partial charge in [0.15, 0.2) is 5.78 Å². The van der Waals surface area contributed by atoms with E-state index in [4.69, 9.17) is 9.11 Å². The van der Waals surface area contributed by atoms with Crippen LogP contribution < -0.4 is 10.6 Å². The Morgan fingerprint density at radius 1 is 0.872 bits per heavy atom. The van der Waals surface area contributed by atoms with E-state index in [1.54, 1.807) is 59.4 Å². The molecule has 0 saturated heterocycles. The number of hydrogen-bond acceptors (Lipinski definition) is 12. The number of carbonyl (C=O) groups excluding carboxylic acids is 2. The van der Waals surface area contributed by atoms with Gasteiger partial charge in [0.25, 0.3) is 0 Å². The summed E-state index contributed by atoms with van der Waals surface area (Å²) in [7, 11) is -7.42. The predicted octanol–water partition coefficient (Wildman–Crippen LogP) is 0.878. The zero-order valence-corrected chi connectivity index (χ0v) is 28.9. The van der Waals surface area contributed by atoms with Crippen LogP contribution in [0.4, 0.5) is 0 Å². The number of carboxylic acid groups (broad SMARTS) is 1. The van der Waals surface area contributed by atoms with Crippen LogP contribution in [0.3, 0.4) is 0 Å². The Hall–Kier alpha value is -2.62. The number of carboxylic acids is 1. The number of nitrogens with zero attached hydrogens (tertiary/aromatic N) is 2. The average molecular weight is 725 g/mol. The molecule has 0 aromatic carbocycles. The second-order valence-electron chi connectivity index (χ2n) is 11.2. The Balaban J connectivity index is 2.02. The van der Waals surface area contributed by atoms with Crippen molar-refractivity contribution in [1.82, 2.24) is 19.8 Å². The topological polar surface area (TPSA) is 233 Å². The lowest BCUT2D eigenvalue weighted by molar-refractivity contribution is -0.143. The van der Waals surface area contributed by atoms with Gasteiger partial charge in [0.1, 0.15) is 5.78 Å². The lowest BCUT2D eigenvalue weighted by Gasteiger charge is -2.22. The van der Waals surface area contributed by atoms with Gasteiger partial charge in [-0.05, 0) is 61.9 Å². The minimum atomic E-state index is -4.57. The highest BCUT2D eigenvalue weighted by Crippen LogP contribution is 2.16. The van der Waals surface area contributed by atoms with E-state index in [9.17, 15) is 36.3 Å². The summed E-state index contributed by atoms with van der Waals surface area (Å²) in [6.45, 7) is 1.93. The normalized spacial score (nSPS) is 14.8. The van der Waals surface area contributed by atoms with E-state index in [0.717, 1.165) is 11.1 Å². The Labute approximate surface area is 279 Å². The van der Waals surface area contributed by atoms with E-state index >= 15 is 0 Å². The number of Topliss-reactive ketones (excluding diaryl/α,β-unsaturated/α-hetero) is 2. The molecule has 16 nitrogen and oxygen atoms in total. The zero-order valence-electron chi connectivity index (χ0n) is 26.5. The molecule has 0 bridgehead atoms. The van der Waals surface area contributed by atoms with Gasteiger partial charge in [-0.3, -0.25) is 23.5 Å². The molecule has 2 aromatic rings. The molecule has 0 aliphatic rings. The van der Waals surface area contributed by atoms with E-state index < -0.39 is 44.8 Å². The summed E-state index contributed by atoms with van der Waals surface area (Å²) in [5, 5.41) is 15.8. The van der Waals surface area contributed by atoms with Crippen molar-refractivity contribution in [2.24, 2.45) is 11.8 Å². The molecular weight excluding hydrogens is 681 g/mol. The largest absolute Gasteiger partial charge is 0.481 e. The molecule has 5 N–H and O–H groups in total. The highest BCUT2D eigenvalue weighted by atomic mass is 32.3. The van der Waals surface area contributed by atoms with Gasteiger partial charge in [-0.1, -0.05) is 6.92 Å². The van der Waals surface area contributed by atoms with Crippen molar-refractivity contribution in [1.29, 1.82) is 0 Å². The molecule has 0 saturated carbocycles. The van der Waals surface area contributed by atoms with Crippen molar-refractivity contribution in [3.05, 3.63) is 48.0 Å². The molecule has 47 heavy (non-hydrogen) atoms. The molecule has 0 aliphatic heterocycles. The highest BCUT2D eigenvalue weighted by molar-refractivity contribution is 7.98. The Bertz CT molecular complexity index is 1520. The van der Waals surface area contributed by atoms with Crippen LogP contribution in [-0.2, 0) is 69.5 Å². The van der Waals surface area contributed by atoms with Crippen LogP contribution in [-0.4, -0.2) is 109 Å². The summed E-state index contributed by atoms with van der Waals surface area (Å²) >= 11 is 1.33. The minimum absolute atomic E-state index is 0.0535. The van der Waals surface area contributed by atoms with Crippen LogP contribution in [0, 0.1) is 11.8 Å². The third-order valence-electron chi connectivity index (χ3n) is 7.22. The monoisotopic (exact) mass is 724 g/mol. The second kappa shape index (κ2) is 19.4. The first-order chi connectivity index (χ1) is 22.0. The molecule has 266 valence electrons. The van der Waals surface area contributed by atoms with E-state index in [2.05, 4.69) is 19.0 Å². The van der Waals surface area contributed by atoms with Gasteiger partial charge in [-0.25, -0.2) is 8.37 Å². The van der Waals surface area contributed by atoms with E-state index in [1.165, 1.54) is 11.8 Å². The fourth-order valence-electron chi connectivity index (χ4n) is 4.85. The number of hydrogen-bond donors (Lipinski definition) is 5. The van der Waals surface area contributed by atoms with Gasteiger partial charge in [0, 0.05) is 56.5 Å². The Kier molecular flexibility index (Phi) is 16.7. The van der Waals surface area contributed by atoms with Crippen LogP contribution in [0.2, 0.25) is 0 Å². The highest BCUT2D eigenvalue weighted by Gasteiger charge is 2.27. The van der Waals surface area contributed by atoms with Crippen molar-refractivity contribution in [2.45, 2.75) is 57.8 Å². The Morgan fingerprint density at radius 2 is 1.36 bits per heavy atom. The van der Waals surface area contributed by atoms with E-state index in [0.29, 0.717) is 13.0 Å². The third-order valence-corrected chi connectivity index (χ3v) is 8.88.